The van der Waals surface area contributed by atoms with Crippen LogP contribution in [-0.2, 0) is 9.47 Å². The van der Waals surface area contributed by atoms with Gasteiger partial charge in [0.25, 0.3) is 6.43 Å². The van der Waals surface area contributed by atoms with Gasteiger partial charge in [-0.1, -0.05) is 0 Å². The van der Waals surface area contributed by atoms with Gasteiger partial charge in [-0.15, -0.1) is 0 Å². The van der Waals surface area contributed by atoms with E-state index in [4.69, 9.17) is 14.6 Å². The van der Waals surface area contributed by atoms with Crippen molar-refractivity contribution in [1.82, 2.24) is 4.90 Å². The zero-order chi connectivity index (χ0) is 13.9. The van der Waals surface area contributed by atoms with Gasteiger partial charge in [-0.05, 0) is 20.8 Å². The summed E-state index contributed by atoms with van der Waals surface area (Å²) >= 11 is 0. The predicted octanol–water partition coefficient (Wildman–Crippen LogP) is 1.25. The van der Waals surface area contributed by atoms with Crippen molar-refractivity contribution in [2.75, 3.05) is 19.7 Å². The van der Waals surface area contributed by atoms with Gasteiger partial charge in [0.1, 0.15) is 11.7 Å². The third kappa shape index (κ3) is 4.38. The molecule has 1 rings (SSSR count). The van der Waals surface area contributed by atoms with E-state index in [0.29, 0.717) is 0 Å². The van der Waals surface area contributed by atoms with Crippen LogP contribution in [0.5, 0.6) is 0 Å². The van der Waals surface area contributed by atoms with E-state index in [2.05, 4.69) is 0 Å². The SMILES string of the molecule is CC(C)(C)OC(=O)N1C[C@@H](CO)O[C@H](C(F)F)C1. The Morgan fingerprint density at radius 3 is 2.56 bits per heavy atom. The molecule has 5 nitrogen and oxygen atoms in total. The lowest BCUT2D eigenvalue weighted by atomic mass is 10.2. The number of amides is 1. The van der Waals surface area contributed by atoms with Crippen LogP contribution in [0, 0.1) is 0 Å². The Morgan fingerprint density at radius 1 is 1.50 bits per heavy atom. The third-order valence-electron chi connectivity index (χ3n) is 2.33. The molecular formula is C11H19F2NO4. The zero-order valence-corrected chi connectivity index (χ0v) is 10.7. The lowest BCUT2D eigenvalue weighted by Gasteiger charge is -2.37. The Balaban J connectivity index is 2.66. The fourth-order valence-corrected chi connectivity index (χ4v) is 1.59. The number of halogens is 2. The van der Waals surface area contributed by atoms with E-state index < -0.39 is 36.9 Å². The molecule has 0 aliphatic carbocycles. The molecule has 1 fully saturated rings. The molecule has 1 aliphatic heterocycles. The summed E-state index contributed by atoms with van der Waals surface area (Å²) in [6, 6.07) is 0. The van der Waals surface area contributed by atoms with E-state index in [9.17, 15) is 13.6 Å². The van der Waals surface area contributed by atoms with Crippen LogP contribution >= 0.6 is 0 Å². The summed E-state index contributed by atoms with van der Waals surface area (Å²) in [5, 5.41) is 8.97. The van der Waals surface area contributed by atoms with Crippen LogP contribution in [0.3, 0.4) is 0 Å². The standard InChI is InChI=1S/C11H19F2NO4/c1-11(2,3)18-10(16)14-4-7(6-15)17-8(5-14)9(12)13/h7-9,15H,4-6H2,1-3H3/t7-,8-/m0/s1. The Bertz CT molecular complexity index is 293. The van der Waals surface area contributed by atoms with Crippen LogP contribution < -0.4 is 0 Å². The van der Waals surface area contributed by atoms with Crippen molar-refractivity contribution in [3.8, 4) is 0 Å². The number of alkyl halides is 2. The number of carbonyl (C=O) groups is 1. The van der Waals surface area contributed by atoms with Gasteiger partial charge in [0.2, 0.25) is 0 Å². The third-order valence-corrected chi connectivity index (χ3v) is 2.33. The Kier molecular flexibility index (Phi) is 4.86. The summed E-state index contributed by atoms with van der Waals surface area (Å²) in [5.74, 6) is 0. The summed E-state index contributed by atoms with van der Waals surface area (Å²) < 4.78 is 35.3. The summed E-state index contributed by atoms with van der Waals surface area (Å²) in [6.07, 6.45) is -5.56. The molecule has 106 valence electrons. The van der Waals surface area contributed by atoms with E-state index in [1.54, 1.807) is 20.8 Å². The van der Waals surface area contributed by atoms with Crippen LogP contribution in [0.1, 0.15) is 20.8 Å². The monoisotopic (exact) mass is 267 g/mol. The molecule has 0 saturated carbocycles. The minimum absolute atomic E-state index is 0.0502. The van der Waals surface area contributed by atoms with Gasteiger partial charge in [0, 0.05) is 0 Å². The second-order valence-electron chi connectivity index (χ2n) is 5.20. The smallest absolute Gasteiger partial charge is 0.410 e. The fraction of sp³-hybridized carbons (Fsp3) is 0.909. The van der Waals surface area contributed by atoms with E-state index in [-0.39, 0.29) is 13.1 Å². The van der Waals surface area contributed by atoms with Crippen molar-refractivity contribution in [1.29, 1.82) is 0 Å². The number of ether oxygens (including phenoxy) is 2. The van der Waals surface area contributed by atoms with Gasteiger partial charge in [-0.25, -0.2) is 13.6 Å². The highest BCUT2D eigenvalue weighted by atomic mass is 19.3. The highest BCUT2D eigenvalue weighted by molar-refractivity contribution is 5.68. The molecule has 2 atom stereocenters. The van der Waals surface area contributed by atoms with E-state index >= 15 is 0 Å². The van der Waals surface area contributed by atoms with E-state index in [1.165, 1.54) is 0 Å². The Morgan fingerprint density at radius 2 is 2.11 bits per heavy atom. The highest BCUT2D eigenvalue weighted by Crippen LogP contribution is 2.19. The maximum Gasteiger partial charge on any atom is 0.410 e. The minimum atomic E-state index is -2.70. The van der Waals surface area contributed by atoms with Crippen LogP contribution in [0.15, 0.2) is 0 Å². The number of morpholine rings is 1. The number of hydrogen-bond acceptors (Lipinski definition) is 4. The molecule has 0 aromatic rings. The molecule has 18 heavy (non-hydrogen) atoms. The van der Waals surface area contributed by atoms with E-state index in [1.807, 2.05) is 0 Å². The highest BCUT2D eigenvalue weighted by Gasteiger charge is 2.36. The van der Waals surface area contributed by atoms with Gasteiger partial charge in [0.05, 0.1) is 25.8 Å². The molecule has 7 heteroatoms. The molecule has 0 aromatic carbocycles. The van der Waals surface area contributed by atoms with Crippen molar-refractivity contribution in [3.05, 3.63) is 0 Å². The van der Waals surface area contributed by atoms with Crippen molar-refractivity contribution < 1.29 is 28.2 Å². The summed E-state index contributed by atoms with van der Waals surface area (Å²) in [6.45, 7) is 4.48. The number of hydrogen-bond donors (Lipinski definition) is 1. The Labute approximate surface area is 105 Å². The fourth-order valence-electron chi connectivity index (χ4n) is 1.59. The number of carbonyl (C=O) groups excluding carboxylic acids is 1. The summed E-state index contributed by atoms with van der Waals surface area (Å²) in [5.41, 5.74) is -0.690. The molecule has 1 aliphatic rings. The average Bonchev–Trinajstić information content (AvgIpc) is 2.26. The molecule has 1 heterocycles. The van der Waals surface area contributed by atoms with Gasteiger partial charge < -0.3 is 19.5 Å². The number of aliphatic hydroxyl groups is 1. The van der Waals surface area contributed by atoms with Crippen LogP contribution in [0.2, 0.25) is 0 Å². The van der Waals surface area contributed by atoms with Crippen LogP contribution in [0.25, 0.3) is 0 Å². The molecule has 1 N–H and O–H groups in total. The normalized spacial score (nSPS) is 25.4. The first-order chi connectivity index (χ1) is 8.23. The number of aliphatic hydroxyl groups excluding tert-OH is 1. The molecule has 0 spiro atoms. The lowest BCUT2D eigenvalue weighted by molar-refractivity contribution is -0.149. The largest absolute Gasteiger partial charge is 0.444 e. The summed E-state index contributed by atoms with van der Waals surface area (Å²) in [7, 11) is 0. The lowest BCUT2D eigenvalue weighted by Crippen LogP contribution is -2.54. The van der Waals surface area contributed by atoms with Crippen LogP contribution in [0.4, 0.5) is 13.6 Å². The quantitative estimate of drug-likeness (QED) is 0.818. The van der Waals surface area contributed by atoms with Gasteiger partial charge in [-0.3, -0.25) is 0 Å². The van der Waals surface area contributed by atoms with Crippen LogP contribution in [-0.4, -0.2) is 60.0 Å². The minimum Gasteiger partial charge on any atom is -0.444 e. The predicted molar refractivity (Wildman–Crippen MR) is 59.6 cm³/mol. The topological polar surface area (TPSA) is 59.0 Å². The van der Waals surface area contributed by atoms with Gasteiger partial charge in [0.15, 0.2) is 0 Å². The second-order valence-corrected chi connectivity index (χ2v) is 5.20. The first kappa shape index (κ1) is 15.1. The Hall–Kier alpha value is -0.950. The van der Waals surface area contributed by atoms with Crippen molar-refractivity contribution in [2.45, 2.75) is 45.0 Å². The molecular weight excluding hydrogens is 248 g/mol. The number of rotatable bonds is 2. The zero-order valence-electron chi connectivity index (χ0n) is 10.7. The summed E-state index contributed by atoms with van der Waals surface area (Å²) in [4.78, 5) is 12.9. The van der Waals surface area contributed by atoms with Gasteiger partial charge in [-0.2, -0.15) is 0 Å². The first-order valence-corrected chi connectivity index (χ1v) is 5.75. The van der Waals surface area contributed by atoms with E-state index in [0.717, 1.165) is 4.90 Å². The molecule has 0 aromatic heterocycles. The maximum absolute atomic E-state index is 12.6. The average molecular weight is 267 g/mol. The maximum atomic E-state index is 12.6. The molecule has 0 bridgehead atoms. The van der Waals surface area contributed by atoms with Crippen molar-refractivity contribution in [2.24, 2.45) is 0 Å². The van der Waals surface area contributed by atoms with Gasteiger partial charge >= 0.3 is 6.09 Å². The molecule has 1 saturated heterocycles. The van der Waals surface area contributed by atoms with Crippen molar-refractivity contribution >= 4 is 6.09 Å². The first-order valence-electron chi connectivity index (χ1n) is 5.75. The van der Waals surface area contributed by atoms with Crippen molar-refractivity contribution in [3.63, 3.8) is 0 Å². The number of nitrogens with zero attached hydrogens (tertiary/aromatic N) is 1. The molecule has 1 amide bonds. The molecule has 0 unspecified atom stereocenters. The molecule has 0 radical (unpaired) electrons. The second kappa shape index (κ2) is 5.79.